The van der Waals surface area contributed by atoms with Crippen LogP contribution in [0.3, 0.4) is 0 Å². The molecule has 14 heteroatoms. The molecule has 3 aromatic heterocycles. The second-order valence-corrected chi connectivity index (χ2v) is 13.5. The van der Waals surface area contributed by atoms with Gasteiger partial charge in [-0.2, -0.15) is 0 Å². The SMILES string of the molecule is Cl.NCCCCCOCCOCCOCCCCCNC(=O)[C@H]1CC[C@H](NC(=O)c2cnc(Nc3ccc4cnccc4n3)cc2NC2CC2)CC1. The molecule has 0 atom stereocenters. The fourth-order valence-electron chi connectivity index (χ4n) is 6.13. The van der Waals surface area contributed by atoms with Crippen molar-refractivity contribution in [2.75, 3.05) is 63.4 Å². The predicted octanol–water partition coefficient (Wildman–Crippen LogP) is 5.52. The smallest absolute Gasteiger partial charge is 0.255 e. The number of aromatic nitrogens is 3. The fourth-order valence-corrected chi connectivity index (χ4v) is 6.13. The summed E-state index contributed by atoms with van der Waals surface area (Å²) in [6.07, 6.45) is 16.4. The number of amides is 2. The summed E-state index contributed by atoms with van der Waals surface area (Å²) in [7, 11) is 0. The first kappa shape index (κ1) is 41.1. The number of nitrogens with zero attached hydrogens (tertiary/aromatic N) is 3. The van der Waals surface area contributed by atoms with Crippen LogP contribution in [-0.4, -0.2) is 91.6 Å². The van der Waals surface area contributed by atoms with Gasteiger partial charge in [0.2, 0.25) is 5.91 Å². The lowest BCUT2D eigenvalue weighted by Crippen LogP contribution is -2.41. The third-order valence-corrected chi connectivity index (χ3v) is 9.27. The van der Waals surface area contributed by atoms with Gasteiger partial charge < -0.3 is 41.2 Å². The quantitative estimate of drug-likeness (QED) is 0.0732. The molecule has 2 aliphatic rings. The molecule has 0 bridgehead atoms. The Balaban J connectivity index is 0.00000605. The van der Waals surface area contributed by atoms with Crippen LogP contribution in [0.25, 0.3) is 10.9 Å². The molecule has 52 heavy (non-hydrogen) atoms. The second-order valence-electron chi connectivity index (χ2n) is 13.5. The summed E-state index contributed by atoms with van der Waals surface area (Å²) < 4.78 is 16.7. The van der Waals surface area contributed by atoms with Gasteiger partial charge in [0.05, 0.1) is 43.2 Å². The van der Waals surface area contributed by atoms with Crippen molar-refractivity contribution < 1.29 is 23.8 Å². The minimum Gasteiger partial charge on any atom is -0.382 e. The van der Waals surface area contributed by atoms with E-state index in [9.17, 15) is 9.59 Å². The van der Waals surface area contributed by atoms with Crippen LogP contribution in [0.15, 0.2) is 42.9 Å². The van der Waals surface area contributed by atoms with Crippen molar-refractivity contribution in [2.45, 2.75) is 89.1 Å². The summed E-state index contributed by atoms with van der Waals surface area (Å²) in [5.41, 5.74) is 7.60. The number of carbonyl (C=O) groups excluding carboxylic acids is 2. The molecule has 2 amide bonds. The summed E-state index contributed by atoms with van der Waals surface area (Å²) in [5, 5.41) is 14.0. The molecule has 3 aromatic rings. The summed E-state index contributed by atoms with van der Waals surface area (Å²) in [6, 6.07) is 7.99. The van der Waals surface area contributed by atoms with Crippen LogP contribution < -0.4 is 27.0 Å². The van der Waals surface area contributed by atoms with E-state index in [-0.39, 0.29) is 36.2 Å². The lowest BCUT2D eigenvalue weighted by molar-refractivity contribution is -0.126. The summed E-state index contributed by atoms with van der Waals surface area (Å²) in [4.78, 5) is 39.6. The van der Waals surface area contributed by atoms with Crippen molar-refractivity contribution in [3.63, 3.8) is 0 Å². The maximum absolute atomic E-state index is 13.4. The maximum atomic E-state index is 13.4. The topological polar surface area (TPSA) is 175 Å². The number of fused-ring (bicyclic) bond motifs is 1. The molecule has 5 rings (SSSR count). The largest absolute Gasteiger partial charge is 0.382 e. The standard InChI is InChI=1S/C38H56N8O5.ClH/c39-16-3-1-5-19-49-21-23-51-24-22-50-20-6-2-4-17-41-37(47)28-7-10-31(11-8-28)44-38(48)32-27-42-36(25-34(32)43-30-12-13-30)46-35-14-9-29-26-40-18-15-33(29)45-35;/h9,14-15,18,25-28,30-31H,1-8,10-13,16-17,19-24,39H2,(H,41,47)(H,44,48)(H2,42,43,45,46);1H/t28-,31-;. The third kappa shape index (κ3) is 14.4. The summed E-state index contributed by atoms with van der Waals surface area (Å²) in [6.45, 7) is 5.23. The monoisotopic (exact) mass is 740 g/mol. The first-order chi connectivity index (χ1) is 25.1. The van der Waals surface area contributed by atoms with E-state index in [0.29, 0.717) is 62.8 Å². The Kier molecular flexibility index (Phi) is 18.3. The number of nitrogens with two attached hydrogens (primary N) is 1. The highest BCUT2D eigenvalue weighted by Crippen LogP contribution is 2.30. The van der Waals surface area contributed by atoms with Crippen molar-refractivity contribution >= 4 is 52.4 Å². The third-order valence-electron chi connectivity index (χ3n) is 9.27. The number of carbonyl (C=O) groups is 2. The van der Waals surface area contributed by atoms with Crippen LogP contribution in [0.2, 0.25) is 0 Å². The normalized spacial score (nSPS) is 16.9. The molecule has 0 unspecified atom stereocenters. The Labute approximate surface area is 313 Å². The number of nitrogens with one attached hydrogen (secondary N) is 4. The Morgan fingerprint density at radius 3 is 2.17 bits per heavy atom. The van der Waals surface area contributed by atoms with E-state index < -0.39 is 0 Å². The molecule has 2 saturated carbocycles. The van der Waals surface area contributed by atoms with E-state index in [2.05, 4.69) is 36.2 Å². The lowest BCUT2D eigenvalue weighted by Gasteiger charge is -2.28. The average Bonchev–Trinajstić information content (AvgIpc) is 3.97. The molecular formula is C38H57ClN8O5. The minimum absolute atomic E-state index is 0. The molecule has 6 N–H and O–H groups in total. The maximum Gasteiger partial charge on any atom is 0.255 e. The molecular weight excluding hydrogens is 684 g/mol. The van der Waals surface area contributed by atoms with Crippen LogP contribution in [-0.2, 0) is 19.0 Å². The first-order valence-corrected chi connectivity index (χ1v) is 18.9. The zero-order valence-corrected chi connectivity index (χ0v) is 31.1. The van der Waals surface area contributed by atoms with Crippen molar-refractivity contribution in [2.24, 2.45) is 11.7 Å². The minimum atomic E-state index is -0.146. The summed E-state index contributed by atoms with van der Waals surface area (Å²) >= 11 is 0. The van der Waals surface area contributed by atoms with Gasteiger partial charge in [0.25, 0.3) is 5.91 Å². The average molecular weight is 741 g/mol. The van der Waals surface area contributed by atoms with Crippen LogP contribution in [0.4, 0.5) is 17.3 Å². The van der Waals surface area contributed by atoms with Crippen LogP contribution in [0.5, 0.6) is 0 Å². The Hall–Kier alpha value is -3.62. The fraction of sp³-hybridized carbons (Fsp3) is 0.605. The number of pyridine rings is 3. The van der Waals surface area contributed by atoms with E-state index in [0.717, 1.165) is 107 Å². The van der Waals surface area contributed by atoms with Crippen LogP contribution in [0.1, 0.15) is 87.4 Å². The highest BCUT2D eigenvalue weighted by molar-refractivity contribution is 6.00. The predicted molar refractivity (Wildman–Crippen MR) is 206 cm³/mol. The van der Waals surface area contributed by atoms with Gasteiger partial charge in [0, 0.05) is 67.8 Å². The highest BCUT2D eigenvalue weighted by Gasteiger charge is 2.29. The van der Waals surface area contributed by atoms with Gasteiger partial charge in [-0.25, -0.2) is 9.97 Å². The number of halogens is 1. The van der Waals surface area contributed by atoms with Gasteiger partial charge >= 0.3 is 0 Å². The molecule has 2 fully saturated rings. The van der Waals surface area contributed by atoms with E-state index in [1.165, 1.54) is 0 Å². The van der Waals surface area contributed by atoms with Gasteiger partial charge in [0.1, 0.15) is 11.6 Å². The molecule has 2 aliphatic carbocycles. The van der Waals surface area contributed by atoms with Gasteiger partial charge in [-0.3, -0.25) is 14.6 Å². The Morgan fingerprint density at radius 2 is 1.46 bits per heavy atom. The van der Waals surface area contributed by atoms with E-state index >= 15 is 0 Å². The number of unbranched alkanes of at least 4 members (excludes halogenated alkanes) is 4. The number of rotatable bonds is 24. The Bertz CT molecular complexity index is 1510. The van der Waals surface area contributed by atoms with Gasteiger partial charge in [0.15, 0.2) is 0 Å². The number of hydrogen-bond donors (Lipinski definition) is 5. The van der Waals surface area contributed by atoms with Crippen LogP contribution >= 0.6 is 12.4 Å². The van der Waals surface area contributed by atoms with Gasteiger partial charge in [-0.1, -0.05) is 0 Å². The molecule has 0 aliphatic heterocycles. The molecule has 3 heterocycles. The second kappa shape index (κ2) is 23.1. The zero-order valence-electron chi connectivity index (χ0n) is 30.3. The summed E-state index contributed by atoms with van der Waals surface area (Å²) in [5.74, 6) is 1.24. The van der Waals surface area contributed by atoms with Crippen molar-refractivity contribution in [1.82, 2.24) is 25.6 Å². The number of ether oxygens (including phenoxy) is 3. The van der Waals surface area contributed by atoms with Crippen molar-refractivity contribution in [1.29, 1.82) is 0 Å². The lowest BCUT2D eigenvalue weighted by atomic mass is 9.85. The van der Waals surface area contributed by atoms with Gasteiger partial charge in [-0.05, 0) is 102 Å². The molecule has 286 valence electrons. The molecule has 0 spiro atoms. The number of anilines is 3. The van der Waals surface area contributed by atoms with Gasteiger partial charge in [-0.15, -0.1) is 12.4 Å². The molecule has 13 nitrogen and oxygen atoms in total. The first-order valence-electron chi connectivity index (χ1n) is 18.9. The zero-order chi connectivity index (χ0) is 35.5. The van der Waals surface area contributed by atoms with Crippen molar-refractivity contribution in [3.05, 3.63) is 48.4 Å². The number of hydrogen-bond acceptors (Lipinski definition) is 11. The van der Waals surface area contributed by atoms with E-state index in [1.54, 1.807) is 18.6 Å². The van der Waals surface area contributed by atoms with E-state index in [1.807, 2.05) is 24.3 Å². The highest BCUT2D eigenvalue weighted by atomic mass is 35.5. The molecule has 0 radical (unpaired) electrons. The molecule has 0 saturated heterocycles. The van der Waals surface area contributed by atoms with Crippen LogP contribution in [0, 0.1) is 5.92 Å². The molecule has 0 aromatic carbocycles. The van der Waals surface area contributed by atoms with Crippen molar-refractivity contribution in [3.8, 4) is 0 Å². The van der Waals surface area contributed by atoms with E-state index in [4.69, 9.17) is 19.9 Å². The Morgan fingerprint density at radius 1 is 0.769 bits per heavy atom.